The summed E-state index contributed by atoms with van der Waals surface area (Å²) < 4.78 is 32.6. The molecule has 1 aliphatic heterocycles. The maximum absolute atomic E-state index is 13.1. The number of hydrogen-bond acceptors (Lipinski definition) is 5. The molecule has 4 rings (SSSR count). The minimum Gasteiger partial charge on any atom is -0.463 e. The van der Waals surface area contributed by atoms with E-state index in [-0.39, 0.29) is 17.4 Å². The van der Waals surface area contributed by atoms with Gasteiger partial charge in [0.1, 0.15) is 6.54 Å². The van der Waals surface area contributed by atoms with Crippen molar-refractivity contribution >= 4 is 38.4 Å². The second kappa shape index (κ2) is 8.63. The van der Waals surface area contributed by atoms with Crippen LogP contribution in [0.5, 0.6) is 0 Å². The second-order valence-corrected chi connectivity index (χ2v) is 9.75. The van der Waals surface area contributed by atoms with E-state index in [0.717, 1.165) is 15.3 Å². The third-order valence-corrected chi connectivity index (χ3v) is 7.05. The fourth-order valence-electron chi connectivity index (χ4n) is 3.91. The molecular weight excluding hydrogens is 428 g/mol. The Hall–Kier alpha value is -3.39. The summed E-state index contributed by atoms with van der Waals surface area (Å²) in [6.07, 6.45) is -0.334. The fraction of sp³-hybridized carbons (Fsp3) is 0.250. The molecule has 0 saturated heterocycles. The van der Waals surface area contributed by atoms with Crippen molar-refractivity contribution in [2.75, 3.05) is 10.8 Å². The van der Waals surface area contributed by atoms with Crippen LogP contribution >= 0.6 is 0 Å². The molecular formula is C24H24N2O5S. The van der Waals surface area contributed by atoms with Gasteiger partial charge in [-0.1, -0.05) is 54.6 Å². The first-order chi connectivity index (χ1) is 15.3. The Bertz CT molecular complexity index is 1270. The standard InChI is InChI=1S/C24H24N2O5S/c1-16(2)31-23(28)14-19(17-8-4-3-5-9-17)25-22(27)15-26-20-12-6-10-18-11-7-13-21(24(18)20)32(26,29)30/h3-13,16,19H,14-15H2,1-2H3,(H,25,27). The van der Waals surface area contributed by atoms with Crippen LogP contribution in [-0.2, 0) is 24.3 Å². The zero-order valence-electron chi connectivity index (χ0n) is 17.8. The number of sulfonamides is 1. The molecule has 1 heterocycles. The van der Waals surface area contributed by atoms with Crippen LogP contribution in [-0.4, -0.2) is 32.9 Å². The predicted molar refractivity (Wildman–Crippen MR) is 122 cm³/mol. The molecule has 0 radical (unpaired) electrons. The Morgan fingerprint density at radius 2 is 1.66 bits per heavy atom. The first-order valence-electron chi connectivity index (χ1n) is 10.4. The summed E-state index contributed by atoms with van der Waals surface area (Å²) in [5.74, 6) is -0.954. The smallest absolute Gasteiger partial charge is 0.308 e. The van der Waals surface area contributed by atoms with Gasteiger partial charge in [0.05, 0.1) is 29.1 Å². The van der Waals surface area contributed by atoms with Crippen molar-refractivity contribution in [2.24, 2.45) is 0 Å². The van der Waals surface area contributed by atoms with Crippen LogP contribution in [0.1, 0.15) is 31.9 Å². The average Bonchev–Trinajstić information content (AvgIpc) is 2.97. The van der Waals surface area contributed by atoms with Crippen LogP contribution in [0.4, 0.5) is 5.69 Å². The minimum absolute atomic E-state index is 0.0590. The molecule has 32 heavy (non-hydrogen) atoms. The van der Waals surface area contributed by atoms with Crippen molar-refractivity contribution in [1.29, 1.82) is 0 Å². The topological polar surface area (TPSA) is 92.8 Å². The highest BCUT2D eigenvalue weighted by Gasteiger charge is 2.37. The number of rotatable bonds is 7. The van der Waals surface area contributed by atoms with E-state index in [4.69, 9.17) is 4.74 Å². The molecule has 3 aromatic rings. The van der Waals surface area contributed by atoms with E-state index in [1.807, 2.05) is 30.3 Å². The van der Waals surface area contributed by atoms with E-state index in [1.54, 1.807) is 50.2 Å². The molecule has 1 aliphatic rings. The Morgan fingerprint density at radius 3 is 2.34 bits per heavy atom. The molecule has 8 heteroatoms. The molecule has 7 nitrogen and oxygen atoms in total. The van der Waals surface area contributed by atoms with Gasteiger partial charge >= 0.3 is 5.97 Å². The maximum Gasteiger partial charge on any atom is 0.308 e. The van der Waals surface area contributed by atoms with Crippen LogP contribution in [0.2, 0.25) is 0 Å². The molecule has 1 amide bonds. The molecule has 0 saturated carbocycles. The maximum atomic E-state index is 13.1. The normalized spacial score (nSPS) is 15.0. The van der Waals surface area contributed by atoms with Crippen LogP contribution in [0.3, 0.4) is 0 Å². The van der Waals surface area contributed by atoms with Crippen molar-refractivity contribution in [1.82, 2.24) is 5.32 Å². The van der Waals surface area contributed by atoms with Gasteiger partial charge in [-0.15, -0.1) is 0 Å². The van der Waals surface area contributed by atoms with Crippen molar-refractivity contribution in [3.63, 3.8) is 0 Å². The van der Waals surface area contributed by atoms with E-state index in [9.17, 15) is 18.0 Å². The number of esters is 1. The number of hydrogen-bond donors (Lipinski definition) is 1. The van der Waals surface area contributed by atoms with Crippen molar-refractivity contribution in [3.8, 4) is 0 Å². The SMILES string of the molecule is CC(C)OC(=O)CC(NC(=O)CN1c2cccc3cccc(c23)S1(=O)=O)c1ccccc1. The van der Waals surface area contributed by atoms with E-state index in [1.165, 1.54) is 0 Å². The summed E-state index contributed by atoms with van der Waals surface area (Å²) in [6.45, 7) is 3.12. The van der Waals surface area contributed by atoms with Crippen molar-refractivity contribution < 1.29 is 22.7 Å². The molecule has 3 aromatic carbocycles. The van der Waals surface area contributed by atoms with Crippen LogP contribution < -0.4 is 9.62 Å². The zero-order chi connectivity index (χ0) is 22.9. The lowest BCUT2D eigenvalue weighted by atomic mass is 10.0. The molecule has 0 aromatic heterocycles. The highest BCUT2D eigenvalue weighted by atomic mass is 32.2. The minimum atomic E-state index is -3.85. The largest absolute Gasteiger partial charge is 0.463 e. The van der Waals surface area contributed by atoms with Crippen LogP contribution in [0, 0.1) is 0 Å². The molecule has 0 fully saturated rings. The van der Waals surface area contributed by atoms with Gasteiger partial charge < -0.3 is 10.1 Å². The lowest BCUT2D eigenvalue weighted by molar-refractivity contribution is -0.148. The van der Waals surface area contributed by atoms with Gasteiger partial charge in [0.15, 0.2) is 0 Å². The van der Waals surface area contributed by atoms with Crippen LogP contribution in [0.25, 0.3) is 10.8 Å². The number of carbonyl (C=O) groups excluding carboxylic acids is 2. The zero-order valence-corrected chi connectivity index (χ0v) is 18.6. The molecule has 1 atom stereocenters. The number of amides is 1. The van der Waals surface area contributed by atoms with E-state index >= 15 is 0 Å². The predicted octanol–water partition coefficient (Wildman–Crippen LogP) is 3.55. The Morgan fingerprint density at radius 1 is 0.969 bits per heavy atom. The summed E-state index contributed by atoms with van der Waals surface area (Å²) in [6, 6.07) is 18.8. The number of ether oxygens (including phenoxy) is 1. The Labute approximate surface area is 187 Å². The first-order valence-corrected chi connectivity index (χ1v) is 11.8. The van der Waals surface area contributed by atoms with Gasteiger partial charge in [0, 0.05) is 5.39 Å². The summed E-state index contributed by atoms with van der Waals surface area (Å²) in [5, 5.41) is 4.23. The molecule has 0 bridgehead atoms. The molecule has 166 valence electrons. The van der Waals surface area contributed by atoms with Gasteiger partial charge in [0.2, 0.25) is 5.91 Å². The van der Waals surface area contributed by atoms with Gasteiger partial charge in [-0.25, -0.2) is 8.42 Å². The van der Waals surface area contributed by atoms with Gasteiger partial charge in [0.25, 0.3) is 10.0 Å². The molecule has 0 spiro atoms. The second-order valence-electron chi connectivity index (χ2n) is 7.92. The van der Waals surface area contributed by atoms with E-state index < -0.39 is 34.5 Å². The van der Waals surface area contributed by atoms with Gasteiger partial charge in [-0.2, -0.15) is 0 Å². The number of benzene rings is 3. The van der Waals surface area contributed by atoms with Crippen molar-refractivity contribution in [2.45, 2.75) is 37.3 Å². The summed E-state index contributed by atoms with van der Waals surface area (Å²) in [7, 11) is -3.85. The van der Waals surface area contributed by atoms with E-state index in [0.29, 0.717) is 11.1 Å². The summed E-state index contributed by atoms with van der Waals surface area (Å²) in [4.78, 5) is 25.4. The molecule has 0 aliphatic carbocycles. The fourth-order valence-corrected chi connectivity index (χ4v) is 5.58. The monoisotopic (exact) mass is 452 g/mol. The summed E-state index contributed by atoms with van der Waals surface area (Å²) >= 11 is 0. The average molecular weight is 453 g/mol. The highest BCUT2D eigenvalue weighted by molar-refractivity contribution is 7.93. The van der Waals surface area contributed by atoms with E-state index in [2.05, 4.69) is 5.32 Å². The summed E-state index contributed by atoms with van der Waals surface area (Å²) in [5.41, 5.74) is 1.21. The number of carbonyl (C=O) groups is 2. The number of nitrogens with one attached hydrogen (secondary N) is 1. The third kappa shape index (κ3) is 4.18. The Balaban J connectivity index is 1.57. The first kappa shape index (κ1) is 21.8. The van der Waals surface area contributed by atoms with Crippen molar-refractivity contribution in [3.05, 3.63) is 72.3 Å². The number of anilines is 1. The number of nitrogens with zero attached hydrogens (tertiary/aromatic N) is 1. The lowest BCUT2D eigenvalue weighted by Crippen LogP contribution is -2.41. The third-order valence-electron chi connectivity index (χ3n) is 5.24. The quantitative estimate of drug-likeness (QED) is 0.554. The van der Waals surface area contributed by atoms with Crippen LogP contribution in [0.15, 0.2) is 71.6 Å². The lowest BCUT2D eigenvalue weighted by Gasteiger charge is -2.22. The molecule has 1 unspecified atom stereocenters. The molecule has 1 N–H and O–H groups in total. The van der Waals surface area contributed by atoms with Gasteiger partial charge in [-0.3, -0.25) is 13.9 Å². The highest BCUT2D eigenvalue weighted by Crippen LogP contribution is 2.41. The van der Waals surface area contributed by atoms with Gasteiger partial charge in [-0.05, 0) is 36.9 Å². The Kier molecular flexibility index (Phi) is 5.88.